The zero-order valence-electron chi connectivity index (χ0n) is 10.7. The van der Waals surface area contributed by atoms with Crippen molar-refractivity contribution in [1.29, 1.82) is 0 Å². The topological polar surface area (TPSA) is 58.6 Å². The Morgan fingerprint density at radius 1 is 1.47 bits per heavy atom. The summed E-state index contributed by atoms with van der Waals surface area (Å²) in [5.74, 6) is -0.951. The minimum Gasteiger partial charge on any atom is -0.478 e. The van der Waals surface area contributed by atoms with Gasteiger partial charge in [0.2, 0.25) is 0 Å². The van der Waals surface area contributed by atoms with Gasteiger partial charge >= 0.3 is 5.97 Å². The first kappa shape index (κ1) is 14.2. The van der Waals surface area contributed by atoms with Crippen LogP contribution >= 0.6 is 11.6 Å². The molecule has 5 heteroatoms. The third-order valence-corrected chi connectivity index (χ3v) is 3.50. The van der Waals surface area contributed by atoms with Gasteiger partial charge in [0.05, 0.1) is 17.4 Å². The summed E-state index contributed by atoms with van der Waals surface area (Å²) in [5.41, 5.74) is 0.810. The molecular weight excluding hydrogens is 266 g/mol. The second-order valence-corrected chi connectivity index (χ2v) is 5.14. The summed E-state index contributed by atoms with van der Waals surface area (Å²) in [4.78, 5) is 11.1. The van der Waals surface area contributed by atoms with Crippen LogP contribution < -0.4 is 5.32 Å². The molecule has 0 aliphatic carbocycles. The van der Waals surface area contributed by atoms with Crippen LogP contribution in [0.2, 0.25) is 5.02 Å². The molecule has 1 aliphatic rings. The number of rotatable bonds is 5. The van der Waals surface area contributed by atoms with Gasteiger partial charge in [0, 0.05) is 18.2 Å². The highest BCUT2D eigenvalue weighted by Crippen LogP contribution is 2.22. The van der Waals surface area contributed by atoms with Gasteiger partial charge in [-0.25, -0.2) is 4.79 Å². The number of carboxylic acids is 1. The van der Waals surface area contributed by atoms with Crippen LogP contribution in [-0.2, 0) is 4.74 Å². The maximum Gasteiger partial charge on any atom is 0.337 e. The molecular formula is C14H18ClNO3. The largest absolute Gasteiger partial charge is 0.478 e. The van der Waals surface area contributed by atoms with Crippen molar-refractivity contribution in [3.05, 3.63) is 28.8 Å². The third-order valence-electron chi connectivity index (χ3n) is 3.27. The van der Waals surface area contributed by atoms with Crippen molar-refractivity contribution in [2.45, 2.75) is 31.8 Å². The second kappa shape index (κ2) is 6.78. The fourth-order valence-electron chi connectivity index (χ4n) is 2.25. The fraction of sp³-hybridized carbons (Fsp3) is 0.500. The molecule has 1 aromatic rings. The van der Waals surface area contributed by atoms with Gasteiger partial charge < -0.3 is 15.2 Å². The van der Waals surface area contributed by atoms with E-state index in [0.29, 0.717) is 17.3 Å². The van der Waals surface area contributed by atoms with Gasteiger partial charge in [-0.3, -0.25) is 0 Å². The molecule has 1 aliphatic heterocycles. The molecule has 0 bridgehead atoms. The molecule has 0 aromatic heterocycles. The van der Waals surface area contributed by atoms with Crippen molar-refractivity contribution in [2.75, 3.05) is 18.5 Å². The predicted molar refractivity (Wildman–Crippen MR) is 75.1 cm³/mol. The Morgan fingerprint density at radius 2 is 2.32 bits per heavy atom. The average molecular weight is 284 g/mol. The molecule has 104 valence electrons. The number of carboxylic acid groups (broad SMARTS) is 1. The molecule has 1 atom stereocenters. The maximum atomic E-state index is 11.1. The molecule has 4 nitrogen and oxygen atoms in total. The number of carbonyl (C=O) groups is 1. The van der Waals surface area contributed by atoms with Crippen LogP contribution in [0, 0.1) is 0 Å². The summed E-state index contributed by atoms with van der Waals surface area (Å²) < 4.78 is 5.63. The monoisotopic (exact) mass is 283 g/mol. The Labute approximate surface area is 117 Å². The van der Waals surface area contributed by atoms with Gasteiger partial charge in [0.15, 0.2) is 0 Å². The van der Waals surface area contributed by atoms with Gasteiger partial charge in [-0.15, -0.1) is 0 Å². The Morgan fingerprint density at radius 3 is 3.00 bits per heavy atom. The Balaban J connectivity index is 1.91. The quantitative estimate of drug-likeness (QED) is 0.869. The number of anilines is 1. The van der Waals surface area contributed by atoms with Crippen molar-refractivity contribution < 1.29 is 14.6 Å². The maximum absolute atomic E-state index is 11.1. The Kier molecular flexibility index (Phi) is 5.05. The lowest BCUT2D eigenvalue weighted by Crippen LogP contribution is -2.22. The van der Waals surface area contributed by atoms with E-state index in [-0.39, 0.29) is 11.7 Å². The molecule has 1 unspecified atom stereocenters. The van der Waals surface area contributed by atoms with E-state index < -0.39 is 5.97 Å². The number of nitrogens with one attached hydrogen (secondary N) is 1. The van der Waals surface area contributed by atoms with E-state index in [9.17, 15) is 4.79 Å². The third kappa shape index (κ3) is 4.11. The van der Waals surface area contributed by atoms with E-state index in [1.165, 1.54) is 12.5 Å². The first-order chi connectivity index (χ1) is 9.16. The van der Waals surface area contributed by atoms with Crippen LogP contribution in [0.4, 0.5) is 5.69 Å². The second-order valence-electron chi connectivity index (χ2n) is 4.70. The summed E-state index contributed by atoms with van der Waals surface area (Å²) in [6.07, 6.45) is 4.60. The number of hydrogen-bond acceptors (Lipinski definition) is 3. The highest BCUT2D eigenvalue weighted by atomic mass is 35.5. The van der Waals surface area contributed by atoms with E-state index in [4.69, 9.17) is 21.4 Å². The number of ether oxygens (including phenoxy) is 1. The summed E-state index contributed by atoms with van der Waals surface area (Å²) in [7, 11) is 0. The van der Waals surface area contributed by atoms with Crippen molar-refractivity contribution in [3.63, 3.8) is 0 Å². The number of benzene rings is 1. The molecule has 1 aromatic carbocycles. The number of aromatic carboxylic acids is 1. The minimum absolute atomic E-state index is 0.244. The van der Waals surface area contributed by atoms with Crippen LogP contribution in [0.15, 0.2) is 18.2 Å². The molecule has 0 amide bonds. The Hall–Kier alpha value is -1.26. The van der Waals surface area contributed by atoms with E-state index >= 15 is 0 Å². The molecule has 1 fully saturated rings. The highest BCUT2D eigenvalue weighted by molar-refractivity contribution is 6.31. The van der Waals surface area contributed by atoms with Crippen LogP contribution in [0.25, 0.3) is 0 Å². The van der Waals surface area contributed by atoms with E-state index in [0.717, 1.165) is 25.9 Å². The lowest BCUT2D eigenvalue weighted by molar-refractivity contribution is 0.0134. The van der Waals surface area contributed by atoms with Crippen LogP contribution in [-0.4, -0.2) is 30.3 Å². The zero-order chi connectivity index (χ0) is 13.7. The minimum atomic E-state index is -0.951. The highest BCUT2D eigenvalue weighted by Gasteiger charge is 2.14. The van der Waals surface area contributed by atoms with Gasteiger partial charge in [-0.1, -0.05) is 11.6 Å². The molecule has 2 rings (SSSR count). The van der Waals surface area contributed by atoms with Gasteiger partial charge in [0.1, 0.15) is 0 Å². The van der Waals surface area contributed by atoms with Crippen molar-refractivity contribution in [2.24, 2.45) is 0 Å². The summed E-state index contributed by atoms with van der Waals surface area (Å²) in [5, 5.41) is 12.8. The molecule has 19 heavy (non-hydrogen) atoms. The summed E-state index contributed by atoms with van der Waals surface area (Å²) in [6, 6.07) is 4.75. The molecule has 2 N–H and O–H groups in total. The molecule has 0 spiro atoms. The van der Waals surface area contributed by atoms with E-state index in [1.54, 1.807) is 12.1 Å². The molecule has 0 saturated carbocycles. The van der Waals surface area contributed by atoms with Crippen LogP contribution in [0.5, 0.6) is 0 Å². The lowest BCUT2D eigenvalue weighted by atomic mass is 10.1. The lowest BCUT2D eigenvalue weighted by Gasteiger charge is -2.22. The molecule has 0 radical (unpaired) electrons. The summed E-state index contributed by atoms with van der Waals surface area (Å²) >= 11 is 5.89. The predicted octanol–water partition coefficient (Wildman–Crippen LogP) is 3.41. The zero-order valence-corrected chi connectivity index (χ0v) is 11.4. The van der Waals surface area contributed by atoms with E-state index in [2.05, 4.69) is 5.32 Å². The first-order valence-corrected chi connectivity index (χ1v) is 6.93. The fourth-order valence-corrected chi connectivity index (χ4v) is 2.42. The van der Waals surface area contributed by atoms with Crippen molar-refractivity contribution >= 4 is 23.3 Å². The normalized spacial score (nSPS) is 19.1. The standard InChI is InChI=1S/C14H18ClNO3/c15-10-4-5-12(14(17)18)13(9-10)16-7-6-11-3-1-2-8-19-11/h4-5,9,11,16H,1-3,6-8H2,(H,17,18). The van der Waals surface area contributed by atoms with Gasteiger partial charge in [-0.2, -0.15) is 0 Å². The van der Waals surface area contributed by atoms with Gasteiger partial charge in [-0.05, 0) is 43.9 Å². The smallest absolute Gasteiger partial charge is 0.337 e. The van der Waals surface area contributed by atoms with Crippen molar-refractivity contribution in [3.8, 4) is 0 Å². The van der Waals surface area contributed by atoms with Crippen LogP contribution in [0.1, 0.15) is 36.0 Å². The summed E-state index contributed by atoms with van der Waals surface area (Å²) in [6.45, 7) is 1.52. The molecule has 1 heterocycles. The van der Waals surface area contributed by atoms with Crippen molar-refractivity contribution in [1.82, 2.24) is 0 Å². The SMILES string of the molecule is O=C(O)c1ccc(Cl)cc1NCCC1CCCCO1. The number of halogens is 1. The average Bonchev–Trinajstić information content (AvgIpc) is 2.39. The van der Waals surface area contributed by atoms with E-state index in [1.807, 2.05) is 0 Å². The number of hydrogen-bond donors (Lipinski definition) is 2. The Bertz CT molecular complexity index is 444. The molecule has 1 saturated heterocycles. The first-order valence-electron chi connectivity index (χ1n) is 6.55. The van der Waals surface area contributed by atoms with Crippen LogP contribution in [0.3, 0.4) is 0 Å². The van der Waals surface area contributed by atoms with Gasteiger partial charge in [0.25, 0.3) is 0 Å².